The van der Waals surface area contributed by atoms with Gasteiger partial charge in [-0.3, -0.25) is 58.3 Å². The van der Waals surface area contributed by atoms with Crippen LogP contribution in [0.1, 0.15) is 75.3 Å². The average Bonchev–Trinajstić information content (AvgIpc) is 3.39. The van der Waals surface area contributed by atoms with Crippen LogP contribution in [0.25, 0.3) is 10.8 Å². The third kappa shape index (κ3) is 22.9. The van der Waals surface area contributed by atoms with Gasteiger partial charge in [-0.1, -0.05) is 72.8 Å². The van der Waals surface area contributed by atoms with E-state index in [4.69, 9.17) is 51.6 Å². The summed E-state index contributed by atoms with van der Waals surface area (Å²) in [6.45, 7) is 0.0922. The van der Waals surface area contributed by atoms with Crippen molar-refractivity contribution in [3.05, 3.63) is 83.9 Å². The number of carbonyl (C=O) groups excluding carboxylic acids is 8. The van der Waals surface area contributed by atoms with E-state index >= 15 is 0 Å². The van der Waals surface area contributed by atoms with Gasteiger partial charge in [0.2, 0.25) is 47.3 Å². The summed E-state index contributed by atoms with van der Waals surface area (Å²) >= 11 is 0. The fourth-order valence-electron chi connectivity index (χ4n) is 8.42. The number of nitrogens with two attached hydrogens (primary N) is 9. The first-order valence-corrected chi connectivity index (χ1v) is 25.8. The van der Waals surface area contributed by atoms with E-state index in [-0.39, 0.29) is 121 Å². The van der Waals surface area contributed by atoms with Gasteiger partial charge in [0, 0.05) is 45.4 Å². The Morgan fingerprint density at radius 1 is 0.354 bits per heavy atom. The molecule has 1 heterocycles. The molecule has 0 aliphatic carbocycles. The fraction of sp³-hybridized carbons (Fsp3) is 0.451. The number of hydrogen-bond acceptors (Lipinski definition) is 12. The maximum atomic E-state index is 14.9. The zero-order chi connectivity index (χ0) is 57.9. The maximum Gasteiger partial charge on any atom is 0.243 e. The molecule has 0 saturated carbocycles. The monoisotopic (exact) mass is 1100 g/mol. The van der Waals surface area contributed by atoms with E-state index in [1.165, 1.54) is 0 Å². The summed E-state index contributed by atoms with van der Waals surface area (Å²) < 4.78 is 0. The van der Waals surface area contributed by atoms with Gasteiger partial charge < -0.3 is 88.8 Å². The molecular formula is C51H76N20O8. The number of hydrogen-bond donors (Lipinski definition) is 16. The van der Waals surface area contributed by atoms with Crippen LogP contribution >= 0.6 is 0 Å². The van der Waals surface area contributed by atoms with Crippen LogP contribution in [0.3, 0.4) is 0 Å². The van der Waals surface area contributed by atoms with E-state index < -0.39 is 96.0 Å². The van der Waals surface area contributed by atoms with Crippen LogP contribution in [0.4, 0.5) is 0 Å². The lowest BCUT2D eigenvalue weighted by Gasteiger charge is -2.28. The zero-order valence-electron chi connectivity index (χ0n) is 44.0. The Balaban J connectivity index is 1.92. The normalized spacial score (nSPS) is 20.7. The molecule has 25 N–H and O–H groups in total. The number of fused-ring (bicyclic) bond motifs is 1. The van der Waals surface area contributed by atoms with Crippen molar-refractivity contribution >= 4 is 81.9 Å². The van der Waals surface area contributed by atoms with Crippen LogP contribution in [-0.2, 0) is 51.2 Å². The minimum Gasteiger partial charge on any atom is -0.370 e. The maximum absolute atomic E-state index is 14.9. The molecule has 7 unspecified atom stereocenters. The first-order chi connectivity index (χ1) is 37.7. The molecule has 3 aromatic rings. The third-order valence-corrected chi connectivity index (χ3v) is 12.4. The van der Waals surface area contributed by atoms with Gasteiger partial charge >= 0.3 is 0 Å². The molecule has 28 nitrogen and oxygen atoms in total. The smallest absolute Gasteiger partial charge is 0.243 e. The molecule has 8 amide bonds. The van der Waals surface area contributed by atoms with Gasteiger partial charge in [-0.05, 0) is 79.7 Å². The van der Waals surface area contributed by atoms with Crippen LogP contribution in [0.2, 0.25) is 0 Å². The van der Waals surface area contributed by atoms with Gasteiger partial charge in [0.1, 0.15) is 42.3 Å². The number of carbonyl (C=O) groups is 8. The highest BCUT2D eigenvalue weighted by atomic mass is 16.2. The summed E-state index contributed by atoms with van der Waals surface area (Å²) in [5.74, 6) is -7.83. The molecule has 7 atom stereocenters. The minimum atomic E-state index is -1.54. The van der Waals surface area contributed by atoms with Gasteiger partial charge in [0.25, 0.3) is 0 Å². The van der Waals surface area contributed by atoms with Crippen molar-refractivity contribution < 1.29 is 38.4 Å². The van der Waals surface area contributed by atoms with Crippen molar-refractivity contribution in [1.82, 2.24) is 37.2 Å². The first-order valence-electron chi connectivity index (χ1n) is 25.8. The van der Waals surface area contributed by atoms with Crippen LogP contribution < -0.4 is 88.8 Å². The molecule has 1 aliphatic heterocycles. The number of primary amides is 1. The molecule has 28 heteroatoms. The standard InChI is InChI=1S/C51H76N20O8/c52-40(72)21-20-37-45(77)70-38(27-29-10-2-1-3-11-29)47(79)71-39(28-30-18-19-31-12-4-5-13-32(31)26-30)46(78)68-36(17-9-25-64-51(59)60)43(75)66-34(15-7-23-62-49(55)56)41(73)65-33(14-6-22-61-48(53)54)42(74)67-35(44(76)69-37)16-8-24-63-50(57)58/h1-5,10-13,18-19,26,33-39H,6-9,14-17,20-25,27-28H2,(H2,52,72)(H,65,73)(H,66,75)(H,67,74)(H,68,78)(H,69,76)(H,70,77)(H,71,79)(H4,53,54,61)(H4,55,56,62)(H4,57,58,63)(H4,59,60,64). The Morgan fingerprint density at radius 2 is 0.658 bits per heavy atom. The fourth-order valence-corrected chi connectivity index (χ4v) is 8.42. The molecule has 4 rings (SSSR count). The van der Waals surface area contributed by atoms with Crippen LogP contribution in [0, 0.1) is 0 Å². The predicted molar refractivity (Wildman–Crippen MR) is 299 cm³/mol. The molecule has 79 heavy (non-hydrogen) atoms. The van der Waals surface area contributed by atoms with Gasteiger partial charge in [0.05, 0.1) is 0 Å². The van der Waals surface area contributed by atoms with Crippen molar-refractivity contribution in [3.8, 4) is 0 Å². The van der Waals surface area contributed by atoms with Crippen LogP contribution in [0.15, 0.2) is 92.8 Å². The Hall–Kier alpha value is -9.24. The van der Waals surface area contributed by atoms with Crippen molar-refractivity contribution in [2.75, 3.05) is 26.2 Å². The highest BCUT2D eigenvalue weighted by molar-refractivity contribution is 5.99. The molecule has 1 aliphatic rings. The number of nitrogens with one attached hydrogen (secondary N) is 7. The quantitative estimate of drug-likeness (QED) is 0.0242. The predicted octanol–water partition coefficient (Wildman–Crippen LogP) is -4.49. The van der Waals surface area contributed by atoms with E-state index in [0.717, 1.165) is 10.8 Å². The molecule has 3 aromatic carbocycles. The van der Waals surface area contributed by atoms with Gasteiger partial charge in [-0.25, -0.2) is 0 Å². The van der Waals surface area contributed by atoms with E-state index in [0.29, 0.717) is 11.1 Å². The highest BCUT2D eigenvalue weighted by Gasteiger charge is 2.36. The lowest BCUT2D eigenvalue weighted by molar-refractivity contribution is -0.135. The summed E-state index contributed by atoms with van der Waals surface area (Å²) in [7, 11) is 0. The summed E-state index contributed by atoms with van der Waals surface area (Å²) in [5.41, 5.74) is 51.3. The van der Waals surface area contributed by atoms with E-state index in [9.17, 15) is 38.4 Å². The third-order valence-electron chi connectivity index (χ3n) is 12.4. The molecule has 0 spiro atoms. The Morgan fingerprint density at radius 3 is 1.01 bits per heavy atom. The molecule has 1 fully saturated rings. The average molecular weight is 1100 g/mol. The SMILES string of the molecule is NC(=O)CCC1NC(=O)C(CCCN=C(N)N)NC(=O)C(CCCN=C(N)N)NC(=O)C(CCCN=C(N)N)NC(=O)C(CCCN=C(N)N)NC(=O)C(Cc2ccc3ccccc3c2)NC(=O)C(Cc2ccccc2)NC1=O. The summed E-state index contributed by atoms with van der Waals surface area (Å²) in [5, 5.41) is 20.7. The van der Waals surface area contributed by atoms with Crippen molar-refractivity contribution in [3.63, 3.8) is 0 Å². The second-order valence-corrected chi connectivity index (χ2v) is 18.8. The van der Waals surface area contributed by atoms with E-state index in [1.54, 1.807) is 36.4 Å². The van der Waals surface area contributed by atoms with E-state index in [1.807, 2.05) is 36.4 Å². The Bertz CT molecular complexity index is 2690. The van der Waals surface area contributed by atoms with Crippen molar-refractivity contribution in [2.24, 2.45) is 71.6 Å². The molecule has 1 saturated heterocycles. The van der Waals surface area contributed by atoms with Gasteiger partial charge in [0.15, 0.2) is 23.8 Å². The molecule has 0 bridgehead atoms. The van der Waals surface area contributed by atoms with Crippen LogP contribution in [-0.4, -0.2) is 140 Å². The van der Waals surface area contributed by atoms with Crippen LogP contribution in [0.5, 0.6) is 0 Å². The number of aliphatic imine (C=N–C) groups is 4. The second-order valence-electron chi connectivity index (χ2n) is 18.8. The number of nitrogens with zero attached hydrogens (tertiary/aromatic N) is 4. The number of guanidine groups is 4. The Kier molecular flexibility index (Phi) is 25.5. The summed E-state index contributed by atoms with van der Waals surface area (Å²) in [6.07, 6.45) is -0.935. The van der Waals surface area contributed by atoms with Gasteiger partial charge in [-0.15, -0.1) is 0 Å². The molecule has 0 radical (unpaired) electrons. The van der Waals surface area contributed by atoms with Crippen molar-refractivity contribution in [2.45, 2.75) is 119 Å². The summed E-state index contributed by atoms with van der Waals surface area (Å²) in [4.78, 5) is 131. The zero-order valence-corrected chi connectivity index (χ0v) is 44.0. The topological polar surface area (TPSA) is 504 Å². The number of amides is 8. The number of benzene rings is 3. The first kappa shape index (κ1) is 62.3. The molecule has 0 aromatic heterocycles. The molecule has 428 valence electrons. The molecular weight excluding hydrogens is 1020 g/mol. The van der Waals surface area contributed by atoms with Crippen molar-refractivity contribution in [1.29, 1.82) is 0 Å². The largest absolute Gasteiger partial charge is 0.370 e. The second kappa shape index (κ2) is 32.4. The lowest BCUT2D eigenvalue weighted by Crippen LogP contribution is -2.60. The number of rotatable bonds is 23. The minimum absolute atomic E-state index is 0.0122. The van der Waals surface area contributed by atoms with Gasteiger partial charge in [-0.2, -0.15) is 0 Å². The highest BCUT2D eigenvalue weighted by Crippen LogP contribution is 2.18. The van der Waals surface area contributed by atoms with E-state index in [2.05, 4.69) is 57.2 Å². The lowest BCUT2D eigenvalue weighted by atomic mass is 9.99. The Labute approximate surface area is 457 Å². The summed E-state index contributed by atoms with van der Waals surface area (Å²) in [6, 6.07) is 11.5.